The van der Waals surface area contributed by atoms with Gasteiger partial charge in [-0.25, -0.2) is 8.78 Å². The second-order valence-electron chi connectivity index (χ2n) is 4.62. The number of benzene rings is 1. The molecule has 0 atom stereocenters. The number of carbonyl (C=O) groups is 2. The Morgan fingerprint density at radius 2 is 1.84 bits per heavy atom. The Balaban J connectivity index is 2.86. The Morgan fingerprint density at radius 3 is 2.37 bits per heavy atom. The molecule has 0 aliphatic heterocycles. The van der Waals surface area contributed by atoms with E-state index in [0.29, 0.717) is 12.1 Å². The number of amides is 1. The summed E-state index contributed by atoms with van der Waals surface area (Å²) < 4.78 is 25.8. The fraction of sp³-hybridized carbons (Fsp3) is 0.333. The highest BCUT2D eigenvalue weighted by molar-refractivity contribution is 6.33. The first-order valence-corrected chi connectivity index (χ1v) is 5.69. The number of hydrogen-bond donors (Lipinski definition) is 2. The Labute approximate surface area is 113 Å². The van der Waals surface area contributed by atoms with Crippen LogP contribution in [0.1, 0.15) is 24.2 Å². The summed E-state index contributed by atoms with van der Waals surface area (Å²) >= 11 is 5.63. The smallest absolute Gasteiger partial charge is 0.310 e. The molecule has 1 rings (SSSR count). The van der Waals surface area contributed by atoms with Crippen molar-refractivity contribution in [1.29, 1.82) is 0 Å². The number of aliphatic carboxylic acids is 1. The van der Waals surface area contributed by atoms with Gasteiger partial charge in [0.15, 0.2) is 11.6 Å². The van der Waals surface area contributed by atoms with Crippen molar-refractivity contribution < 1.29 is 23.5 Å². The van der Waals surface area contributed by atoms with Crippen LogP contribution in [0.3, 0.4) is 0 Å². The van der Waals surface area contributed by atoms with Crippen LogP contribution in [0.5, 0.6) is 0 Å². The van der Waals surface area contributed by atoms with Gasteiger partial charge in [-0.15, -0.1) is 0 Å². The normalized spacial score (nSPS) is 11.2. The highest BCUT2D eigenvalue weighted by Crippen LogP contribution is 2.20. The van der Waals surface area contributed by atoms with Gasteiger partial charge in [0.05, 0.1) is 16.0 Å². The first-order chi connectivity index (χ1) is 8.65. The molecule has 0 spiro atoms. The Hall–Kier alpha value is -1.69. The lowest BCUT2D eigenvalue weighted by atomic mass is 9.94. The van der Waals surface area contributed by atoms with Crippen LogP contribution in [0.2, 0.25) is 5.02 Å². The maximum Gasteiger partial charge on any atom is 0.310 e. The molecule has 2 N–H and O–H groups in total. The summed E-state index contributed by atoms with van der Waals surface area (Å²) in [6, 6.07) is 1.36. The molecule has 1 amide bonds. The van der Waals surface area contributed by atoms with Crippen molar-refractivity contribution in [2.45, 2.75) is 13.8 Å². The quantitative estimate of drug-likeness (QED) is 0.838. The highest BCUT2D eigenvalue weighted by atomic mass is 35.5. The molecule has 19 heavy (non-hydrogen) atoms. The molecule has 104 valence electrons. The molecular weight excluding hydrogens is 280 g/mol. The van der Waals surface area contributed by atoms with E-state index in [-0.39, 0.29) is 17.1 Å². The second-order valence-corrected chi connectivity index (χ2v) is 5.03. The van der Waals surface area contributed by atoms with Crippen molar-refractivity contribution in [2.24, 2.45) is 5.41 Å². The summed E-state index contributed by atoms with van der Waals surface area (Å²) in [5.41, 5.74) is -1.43. The van der Waals surface area contributed by atoms with Gasteiger partial charge in [0.2, 0.25) is 0 Å². The maximum absolute atomic E-state index is 13.0. The zero-order valence-corrected chi connectivity index (χ0v) is 11.0. The third-order valence-electron chi connectivity index (χ3n) is 2.52. The minimum Gasteiger partial charge on any atom is -0.481 e. The fourth-order valence-corrected chi connectivity index (χ4v) is 1.40. The molecule has 0 heterocycles. The third-order valence-corrected chi connectivity index (χ3v) is 2.84. The van der Waals surface area contributed by atoms with E-state index >= 15 is 0 Å². The van der Waals surface area contributed by atoms with Crippen LogP contribution >= 0.6 is 11.6 Å². The molecule has 0 saturated carbocycles. The van der Waals surface area contributed by atoms with Gasteiger partial charge in [-0.2, -0.15) is 0 Å². The molecule has 0 unspecified atom stereocenters. The average Bonchev–Trinajstić information content (AvgIpc) is 2.30. The minimum atomic E-state index is -1.20. The second kappa shape index (κ2) is 5.52. The van der Waals surface area contributed by atoms with Crippen LogP contribution in [-0.2, 0) is 4.79 Å². The van der Waals surface area contributed by atoms with E-state index in [4.69, 9.17) is 16.7 Å². The molecule has 0 radical (unpaired) electrons. The molecule has 0 fully saturated rings. The van der Waals surface area contributed by atoms with Gasteiger partial charge >= 0.3 is 5.97 Å². The van der Waals surface area contributed by atoms with Crippen molar-refractivity contribution in [3.63, 3.8) is 0 Å². The molecule has 1 aromatic carbocycles. The molecule has 1 aromatic rings. The summed E-state index contributed by atoms with van der Waals surface area (Å²) in [6.45, 7) is 2.67. The van der Waals surface area contributed by atoms with Gasteiger partial charge in [0, 0.05) is 6.54 Å². The molecule has 0 aliphatic rings. The number of carboxylic acid groups (broad SMARTS) is 1. The number of halogens is 3. The average molecular weight is 292 g/mol. The first-order valence-electron chi connectivity index (χ1n) is 5.31. The number of rotatable bonds is 4. The Morgan fingerprint density at radius 1 is 1.32 bits per heavy atom. The number of carbonyl (C=O) groups excluding carboxylic acids is 1. The zero-order valence-electron chi connectivity index (χ0n) is 10.3. The maximum atomic E-state index is 13.0. The molecule has 0 aliphatic carbocycles. The first kappa shape index (κ1) is 15.4. The van der Waals surface area contributed by atoms with Crippen LogP contribution in [-0.4, -0.2) is 23.5 Å². The van der Waals surface area contributed by atoms with E-state index in [1.165, 1.54) is 13.8 Å². The van der Waals surface area contributed by atoms with Gasteiger partial charge < -0.3 is 10.4 Å². The summed E-state index contributed by atoms with van der Waals surface area (Å²) in [5.74, 6) is -4.22. The summed E-state index contributed by atoms with van der Waals surface area (Å²) in [5, 5.41) is 10.9. The molecule has 4 nitrogen and oxygen atoms in total. The van der Waals surface area contributed by atoms with E-state index in [0.717, 1.165) is 0 Å². The number of carboxylic acids is 1. The summed E-state index contributed by atoms with van der Waals surface area (Å²) in [6.07, 6.45) is 0. The van der Waals surface area contributed by atoms with Crippen molar-refractivity contribution >= 4 is 23.5 Å². The lowest BCUT2D eigenvalue weighted by Gasteiger charge is -2.19. The topological polar surface area (TPSA) is 66.4 Å². The van der Waals surface area contributed by atoms with Crippen LogP contribution in [0.25, 0.3) is 0 Å². The van der Waals surface area contributed by atoms with Gasteiger partial charge in [0.1, 0.15) is 0 Å². The van der Waals surface area contributed by atoms with Crippen molar-refractivity contribution in [2.75, 3.05) is 6.54 Å². The molecule has 0 saturated heterocycles. The van der Waals surface area contributed by atoms with Crippen LogP contribution in [0.4, 0.5) is 8.78 Å². The van der Waals surface area contributed by atoms with Crippen LogP contribution < -0.4 is 5.32 Å². The molecule has 0 bridgehead atoms. The van der Waals surface area contributed by atoms with E-state index < -0.39 is 28.9 Å². The lowest BCUT2D eigenvalue weighted by Crippen LogP contribution is -2.39. The minimum absolute atomic E-state index is 0.170. The summed E-state index contributed by atoms with van der Waals surface area (Å²) in [4.78, 5) is 22.6. The largest absolute Gasteiger partial charge is 0.481 e. The highest BCUT2D eigenvalue weighted by Gasteiger charge is 2.28. The molecular formula is C12H12ClF2NO3. The SMILES string of the molecule is CC(C)(CNC(=O)c1cc(F)c(F)cc1Cl)C(=O)O. The third kappa shape index (κ3) is 3.64. The standard InChI is InChI=1S/C12H12ClF2NO3/c1-12(2,11(18)19)5-16-10(17)6-3-8(14)9(15)4-7(6)13/h3-4H,5H2,1-2H3,(H,16,17)(H,18,19). The van der Waals surface area contributed by atoms with E-state index in [1.54, 1.807) is 0 Å². The van der Waals surface area contributed by atoms with Gasteiger partial charge in [-0.05, 0) is 26.0 Å². The van der Waals surface area contributed by atoms with Gasteiger partial charge in [0.25, 0.3) is 5.91 Å². The van der Waals surface area contributed by atoms with Crippen molar-refractivity contribution in [3.05, 3.63) is 34.4 Å². The van der Waals surface area contributed by atoms with E-state index in [1.807, 2.05) is 0 Å². The lowest BCUT2D eigenvalue weighted by molar-refractivity contribution is -0.146. The van der Waals surface area contributed by atoms with E-state index in [9.17, 15) is 18.4 Å². The Kier molecular flexibility index (Phi) is 4.47. The molecule has 7 heteroatoms. The van der Waals surface area contributed by atoms with Gasteiger partial charge in [-0.3, -0.25) is 9.59 Å². The molecule has 0 aromatic heterocycles. The zero-order chi connectivity index (χ0) is 14.8. The summed E-state index contributed by atoms with van der Waals surface area (Å²) in [7, 11) is 0. The Bertz CT molecular complexity index is 532. The van der Waals surface area contributed by atoms with Crippen molar-refractivity contribution in [3.8, 4) is 0 Å². The predicted molar refractivity (Wildman–Crippen MR) is 65.1 cm³/mol. The fourth-order valence-electron chi connectivity index (χ4n) is 1.17. The van der Waals surface area contributed by atoms with Crippen LogP contribution in [0, 0.1) is 17.0 Å². The number of nitrogens with one attached hydrogen (secondary N) is 1. The van der Waals surface area contributed by atoms with E-state index in [2.05, 4.69) is 5.32 Å². The van der Waals surface area contributed by atoms with Crippen LogP contribution in [0.15, 0.2) is 12.1 Å². The van der Waals surface area contributed by atoms with Gasteiger partial charge in [-0.1, -0.05) is 11.6 Å². The predicted octanol–water partition coefficient (Wildman–Crippen LogP) is 2.46. The monoisotopic (exact) mass is 291 g/mol. The van der Waals surface area contributed by atoms with Crippen molar-refractivity contribution in [1.82, 2.24) is 5.32 Å². The number of hydrogen-bond acceptors (Lipinski definition) is 2.